The summed E-state index contributed by atoms with van der Waals surface area (Å²) in [6.45, 7) is 5.01. The topological polar surface area (TPSA) is 26.0 Å². The van der Waals surface area contributed by atoms with Crippen molar-refractivity contribution in [3.63, 3.8) is 0 Å². The molecular weight excluding hydrogens is 206 g/mol. The molecule has 1 nitrogen and oxygen atoms in total. The molecule has 0 amide bonds. The van der Waals surface area contributed by atoms with Gasteiger partial charge < -0.3 is 5.73 Å². The number of hydrogen-bond donors (Lipinski definition) is 1. The highest BCUT2D eigenvalue weighted by Gasteiger charge is 2.28. The number of halogens is 1. The van der Waals surface area contributed by atoms with Gasteiger partial charge in [-0.05, 0) is 29.2 Å². The van der Waals surface area contributed by atoms with Crippen molar-refractivity contribution >= 4 is 17.2 Å². The number of nitrogens with two attached hydrogens (primary N) is 1. The predicted octanol–water partition coefficient (Wildman–Crippen LogP) is 3.26. The standard InChI is InChI=1S/C13H16ClN/c1-13(2,8-15)11-7-6-10-9(11)4-3-5-12(10)14/h3-5,7H,6,8,15H2,1-2H3. The van der Waals surface area contributed by atoms with E-state index < -0.39 is 0 Å². The lowest BCUT2D eigenvalue weighted by Crippen LogP contribution is -2.24. The molecule has 0 unspecified atom stereocenters. The van der Waals surface area contributed by atoms with Crippen molar-refractivity contribution < 1.29 is 0 Å². The van der Waals surface area contributed by atoms with E-state index in [0.29, 0.717) is 6.54 Å². The largest absolute Gasteiger partial charge is 0.330 e. The van der Waals surface area contributed by atoms with Crippen LogP contribution in [0.2, 0.25) is 5.02 Å². The Hall–Kier alpha value is -0.790. The van der Waals surface area contributed by atoms with Gasteiger partial charge in [-0.2, -0.15) is 0 Å². The molecule has 2 heteroatoms. The van der Waals surface area contributed by atoms with Gasteiger partial charge >= 0.3 is 0 Å². The molecule has 0 radical (unpaired) electrons. The summed E-state index contributed by atoms with van der Waals surface area (Å²) in [6, 6.07) is 6.09. The maximum absolute atomic E-state index is 6.16. The highest BCUT2D eigenvalue weighted by molar-refractivity contribution is 6.31. The van der Waals surface area contributed by atoms with Crippen LogP contribution in [0.5, 0.6) is 0 Å². The average Bonchev–Trinajstić information content (AvgIpc) is 2.63. The summed E-state index contributed by atoms with van der Waals surface area (Å²) in [7, 11) is 0. The second-order valence-electron chi connectivity index (χ2n) is 4.68. The third-order valence-electron chi connectivity index (χ3n) is 3.16. The maximum Gasteiger partial charge on any atom is 0.0447 e. The number of rotatable bonds is 2. The molecular formula is C13H16ClN. The smallest absolute Gasteiger partial charge is 0.0447 e. The van der Waals surface area contributed by atoms with E-state index in [4.69, 9.17) is 17.3 Å². The van der Waals surface area contributed by atoms with Crippen LogP contribution < -0.4 is 5.73 Å². The lowest BCUT2D eigenvalue weighted by Gasteiger charge is -2.25. The number of benzene rings is 1. The molecule has 0 aromatic heterocycles. The van der Waals surface area contributed by atoms with Crippen LogP contribution in [0.1, 0.15) is 25.0 Å². The summed E-state index contributed by atoms with van der Waals surface area (Å²) < 4.78 is 0. The number of allylic oxidation sites excluding steroid dienone is 1. The summed E-state index contributed by atoms with van der Waals surface area (Å²) in [6.07, 6.45) is 3.19. The van der Waals surface area contributed by atoms with Crippen LogP contribution in [-0.2, 0) is 6.42 Å². The molecule has 15 heavy (non-hydrogen) atoms. The molecule has 0 saturated heterocycles. The molecule has 1 aliphatic carbocycles. The van der Waals surface area contributed by atoms with Crippen molar-refractivity contribution in [2.45, 2.75) is 20.3 Å². The molecule has 0 fully saturated rings. The zero-order chi connectivity index (χ0) is 11.1. The minimum absolute atomic E-state index is 0.0376. The molecule has 0 heterocycles. The summed E-state index contributed by atoms with van der Waals surface area (Å²) in [5.74, 6) is 0. The van der Waals surface area contributed by atoms with E-state index >= 15 is 0 Å². The third-order valence-corrected chi connectivity index (χ3v) is 3.51. The molecule has 2 N–H and O–H groups in total. The summed E-state index contributed by atoms with van der Waals surface area (Å²) in [5.41, 5.74) is 9.70. The molecule has 0 bridgehead atoms. The lowest BCUT2D eigenvalue weighted by atomic mass is 9.81. The van der Waals surface area contributed by atoms with Gasteiger partial charge in [0, 0.05) is 17.0 Å². The maximum atomic E-state index is 6.16. The van der Waals surface area contributed by atoms with Crippen LogP contribution in [0, 0.1) is 5.41 Å². The van der Waals surface area contributed by atoms with Crippen LogP contribution in [0.3, 0.4) is 0 Å². The Morgan fingerprint density at radius 3 is 2.80 bits per heavy atom. The summed E-state index contributed by atoms with van der Waals surface area (Å²) >= 11 is 6.16. The molecule has 0 spiro atoms. The van der Waals surface area contributed by atoms with Gasteiger partial charge in [0.2, 0.25) is 0 Å². The second-order valence-corrected chi connectivity index (χ2v) is 5.08. The van der Waals surface area contributed by atoms with E-state index in [2.05, 4.69) is 26.0 Å². The van der Waals surface area contributed by atoms with Gasteiger partial charge in [-0.3, -0.25) is 0 Å². The van der Waals surface area contributed by atoms with Crippen molar-refractivity contribution in [1.29, 1.82) is 0 Å². The van der Waals surface area contributed by atoms with Gasteiger partial charge in [0.1, 0.15) is 0 Å². The number of fused-ring (bicyclic) bond motifs is 1. The lowest BCUT2D eigenvalue weighted by molar-refractivity contribution is 0.516. The fraction of sp³-hybridized carbons (Fsp3) is 0.385. The molecule has 2 rings (SSSR count). The third kappa shape index (κ3) is 1.70. The Morgan fingerprint density at radius 1 is 1.40 bits per heavy atom. The SMILES string of the molecule is CC(C)(CN)C1=CCc2c(Cl)cccc21. The molecule has 0 saturated carbocycles. The first kappa shape index (κ1) is 10.7. The van der Waals surface area contributed by atoms with E-state index in [9.17, 15) is 0 Å². The van der Waals surface area contributed by atoms with Crippen molar-refractivity contribution in [2.75, 3.05) is 6.54 Å². The van der Waals surface area contributed by atoms with Crippen LogP contribution in [0.15, 0.2) is 24.3 Å². The van der Waals surface area contributed by atoms with Crippen molar-refractivity contribution in [1.82, 2.24) is 0 Å². The summed E-state index contributed by atoms with van der Waals surface area (Å²) in [4.78, 5) is 0. The normalized spacial score (nSPS) is 15.1. The van der Waals surface area contributed by atoms with Crippen molar-refractivity contribution in [3.8, 4) is 0 Å². The Bertz CT molecular complexity index is 419. The summed E-state index contributed by atoms with van der Waals surface area (Å²) in [5, 5.41) is 0.867. The van der Waals surface area contributed by atoms with E-state index in [1.165, 1.54) is 16.7 Å². The monoisotopic (exact) mass is 221 g/mol. The first-order valence-electron chi connectivity index (χ1n) is 5.25. The van der Waals surface area contributed by atoms with Gasteiger partial charge in [-0.15, -0.1) is 0 Å². The Kier molecular flexibility index (Phi) is 2.61. The first-order valence-corrected chi connectivity index (χ1v) is 5.62. The van der Waals surface area contributed by atoms with Crippen molar-refractivity contribution in [2.24, 2.45) is 11.1 Å². The minimum atomic E-state index is 0.0376. The van der Waals surface area contributed by atoms with E-state index in [1.807, 2.05) is 12.1 Å². The fourth-order valence-corrected chi connectivity index (χ4v) is 2.34. The molecule has 1 aromatic rings. The fourth-order valence-electron chi connectivity index (χ4n) is 2.08. The zero-order valence-corrected chi connectivity index (χ0v) is 9.93. The predicted molar refractivity (Wildman–Crippen MR) is 66.0 cm³/mol. The van der Waals surface area contributed by atoms with Crippen LogP contribution >= 0.6 is 11.6 Å². The van der Waals surface area contributed by atoms with Gasteiger partial charge in [-0.1, -0.05) is 43.7 Å². The molecule has 0 atom stereocenters. The van der Waals surface area contributed by atoms with Crippen molar-refractivity contribution in [3.05, 3.63) is 40.4 Å². The quantitative estimate of drug-likeness (QED) is 0.815. The van der Waals surface area contributed by atoms with E-state index in [-0.39, 0.29) is 5.41 Å². The zero-order valence-electron chi connectivity index (χ0n) is 9.18. The highest BCUT2D eigenvalue weighted by atomic mass is 35.5. The van der Waals surface area contributed by atoms with Gasteiger partial charge in [0.05, 0.1) is 0 Å². The van der Waals surface area contributed by atoms with E-state index in [0.717, 1.165) is 11.4 Å². The van der Waals surface area contributed by atoms with E-state index in [1.54, 1.807) is 0 Å². The molecule has 1 aromatic carbocycles. The average molecular weight is 222 g/mol. The van der Waals surface area contributed by atoms with Gasteiger partial charge in [-0.25, -0.2) is 0 Å². The first-order chi connectivity index (χ1) is 7.06. The molecule has 1 aliphatic rings. The highest BCUT2D eigenvalue weighted by Crippen LogP contribution is 2.41. The number of hydrogen-bond acceptors (Lipinski definition) is 1. The second kappa shape index (κ2) is 3.66. The molecule has 0 aliphatic heterocycles. The Balaban J connectivity index is 2.48. The van der Waals surface area contributed by atoms with Crippen LogP contribution in [0.4, 0.5) is 0 Å². The van der Waals surface area contributed by atoms with Crippen LogP contribution in [0.25, 0.3) is 5.57 Å². The molecule has 80 valence electrons. The van der Waals surface area contributed by atoms with Crippen LogP contribution in [-0.4, -0.2) is 6.54 Å². The van der Waals surface area contributed by atoms with Gasteiger partial charge in [0.25, 0.3) is 0 Å². The minimum Gasteiger partial charge on any atom is -0.330 e. The Labute approximate surface area is 95.9 Å². The van der Waals surface area contributed by atoms with Gasteiger partial charge in [0.15, 0.2) is 0 Å². The Morgan fingerprint density at radius 2 is 2.13 bits per heavy atom.